The average Bonchev–Trinajstić information content (AvgIpc) is 3.53. The van der Waals surface area contributed by atoms with Crippen LogP contribution in [0.1, 0.15) is 35.5 Å². The van der Waals surface area contributed by atoms with Crippen molar-refractivity contribution < 1.29 is 17.3 Å². The molecule has 2 N–H and O–H groups in total. The normalized spacial score (nSPS) is 18.6. The van der Waals surface area contributed by atoms with Gasteiger partial charge in [0.2, 0.25) is 25.7 Å². The van der Waals surface area contributed by atoms with E-state index in [1.807, 2.05) is 48.3 Å². The summed E-state index contributed by atoms with van der Waals surface area (Å²) in [7, 11) is -4.33. The molecule has 0 saturated heterocycles. The Morgan fingerprint density at radius 2 is 2.12 bits per heavy atom. The number of aromatic nitrogens is 1. The van der Waals surface area contributed by atoms with Crippen molar-refractivity contribution in [2.24, 2.45) is 0 Å². The minimum Gasteiger partial charge on any atom is -0.485 e. The molecule has 0 amide bonds. The second-order valence-electron chi connectivity index (χ2n) is 8.13. The van der Waals surface area contributed by atoms with Crippen LogP contribution < -0.4 is 19.1 Å². The van der Waals surface area contributed by atoms with Gasteiger partial charge in [-0.1, -0.05) is 37.3 Å². The number of hydrazine groups is 1. The van der Waals surface area contributed by atoms with Gasteiger partial charge in [-0.2, -0.15) is 0 Å². The molecule has 2 unspecified atom stereocenters. The van der Waals surface area contributed by atoms with E-state index in [-0.39, 0.29) is 12.6 Å². The number of likely N-dealkylation sites (N-methyl/N-ethyl adjacent to an activating group) is 1. The Labute approximate surface area is 202 Å². The fourth-order valence-electron chi connectivity index (χ4n) is 3.97. The standard InChI is InChI=1S/C24H27N4O4S2/c1-2-28-16-22(15-26-28)34(29,30)27-14-21-13-25-17-33(21)32-20-9-11-24-19(12-20)8-10-23(31-24)18-6-4-3-5-7-18/h3-7,9,11-13,15,17,23,26-27H,2,8,10,14,16H2,1H3/q+1. The van der Waals surface area contributed by atoms with E-state index in [1.165, 1.54) is 11.8 Å². The third-order valence-electron chi connectivity index (χ3n) is 5.89. The molecule has 1 aromatic heterocycles. The lowest BCUT2D eigenvalue weighted by Crippen LogP contribution is -2.31. The number of nitrogens with one attached hydrogen (secondary N) is 2. The maximum Gasteiger partial charge on any atom is 0.277 e. The van der Waals surface area contributed by atoms with E-state index in [0.717, 1.165) is 29.0 Å². The van der Waals surface area contributed by atoms with Crippen molar-refractivity contribution in [1.29, 1.82) is 0 Å². The van der Waals surface area contributed by atoms with Crippen molar-refractivity contribution in [3.63, 3.8) is 0 Å². The maximum atomic E-state index is 12.6. The molecule has 0 bridgehead atoms. The molecule has 3 aromatic rings. The van der Waals surface area contributed by atoms with Gasteiger partial charge in [-0.3, -0.25) is 4.18 Å². The number of hydrogen-bond donors (Lipinski definition) is 2. The van der Waals surface area contributed by atoms with E-state index < -0.39 is 20.8 Å². The second-order valence-corrected chi connectivity index (χ2v) is 11.5. The first-order chi connectivity index (χ1) is 16.5. The number of nitrogens with zero attached hydrogens (tertiary/aromatic N) is 2. The molecule has 2 aliphatic heterocycles. The van der Waals surface area contributed by atoms with E-state index in [0.29, 0.717) is 23.7 Å². The lowest BCUT2D eigenvalue weighted by atomic mass is 9.97. The highest BCUT2D eigenvalue weighted by Crippen LogP contribution is 2.38. The first-order valence-electron chi connectivity index (χ1n) is 11.2. The second kappa shape index (κ2) is 9.75. The minimum atomic E-state index is -3.58. The quantitative estimate of drug-likeness (QED) is 0.455. The van der Waals surface area contributed by atoms with Gasteiger partial charge < -0.3 is 10.2 Å². The average molecular weight is 500 g/mol. The zero-order chi connectivity index (χ0) is 23.5. The summed E-state index contributed by atoms with van der Waals surface area (Å²) in [5.74, 6) is 1.59. The van der Waals surface area contributed by atoms with Crippen LogP contribution in [0, 0.1) is 0 Å². The van der Waals surface area contributed by atoms with Gasteiger partial charge >= 0.3 is 0 Å². The van der Waals surface area contributed by atoms with Crippen molar-refractivity contribution >= 4 is 20.8 Å². The molecule has 10 heteroatoms. The molecular weight excluding hydrogens is 472 g/mol. The molecule has 178 valence electrons. The van der Waals surface area contributed by atoms with Gasteiger partial charge in [-0.15, -0.1) is 0 Å². The van der Waals surface area contributed by atoms with Crippen LogP contribution in [0.15, 0.2) is 71.3 Å². The molecule has 5 rings (SSSR count). The van der Waals surface area contributed by atoms with Crippen LogP contribution in [-0.2, 0) is 23.0 Å². The van der Waals surface area contributed by atoms with Gasteiger partial charge in [-0.25, -0.2) is 23.1 Å². The third-order valence-corrected chi connectivity index (χ3v) is 8.80. The number of aryl methyl sites for hydroxylation is 1. The first-order valence-corrected chi connectivity index (χ1v) is 13.9. The Hall–Kier alpha value is -2.92. The van der Waals surface area contributed by atoms with Crippen molar-refractivity contribution in [3.8, 4) is 11.5 Å². The summed E-state index contributed by atoms with van der Waals surface area (Å²) in [5, 5.41) is 1.82. The molecule has 0 fully saturated rings. The summed E-state index contributed by atoms with van der Waals surface area (Å²) in [6.07, 6.45) is 5.05. The number of fused-ring (bicyclic) bond motifs is 1. The smallest absolute Gasteiger partial charge is 0.277 e. The molecule has 34 heavy (non-hydrogen) atoms. The van der Waals surface area contributed by atoms with E-state index in [9.17, 15) is 8.42 Å². The van der Waals surface area contributed by atoms with Crippen LogP contribution in [0.4, 0.5) is 0 Å². The fraction of sp³-hybridized carbons (Fsp3) is 0.292. The van der Waals surface area contributed by atoms with E-state index in [1.54, 1.807) is 11.7 Å². The molecule has 3 heterocycles. The fourth-order valence-corrected chi connectivity index (χ4v) is 6.27. The van der Waals surface area contributed by atoms with Gasteiger partial charge in [-0.05, 0) is 42.2 Å². The summed E-state index contributed by atoms with van der Waals surface area (Å²) in [6, 6.07) is 16.1. The number of sulfonamides is 1. The molecule has 0 spiro atoms. The molecule has 0 aliphatic carbocycles. The van der Waals surface area contributed by atoms with Crippen LogP contribution in [0.3, 0.4) is 0 Å². The van der Waals surface area contributed by atoms with Crippen LogP contribution in [0.25, 0.3) is 0 Å². The summed E-state index contributed by atoms with van der Waals surface area (Å²) in [4.78, 5) is 5.30. The lowest BCUT2D eigenvalue weighted by Gasteiger charge is -2.26. The number of benzene rings is 2. The van der Waals surface area contributed by atoms with Crippen molar-refractivity contribution in [3.05, 3.63) is 87.3 Å². The van der Waals surface area contributed by atoms with Gasteiger partial charge in [0.25, 0.3) is 5.51 Å². The highest BCUT2D eigenvalue weighted by atomic mass is 32.2. The van der Waals surface area contributed by atoms with Crippen molar-refractivity contribution in [2.45, 2.75) is 32.4 Å². The predicted molar refractivity (Wildman–Crippen MR) is 132 cm³/mol. The molecule has 0 saturated carbocycles. The zero-order valence-electron chi connectivity index (χ0n) is 18.8. The maximum absolute atomic E-state index is 12.6. The van der Waals surface area contributed by atoms with Gasteiger partial charge in [0, 0.05) is 12.7 Å². The Morgan fingerprint density at radius 1 is 1.26 bits per heavy atom. The largest absolute Gasteiger partial charge is 0.485 e. The highest BCUT2D eigenvalue weighted by molar-refractivity contribution is 7.93. The van der Waals surface area contributed by atoms with Crippen LogP contribution in [-0.4, -0.2) is 31.5 Å². The molecule has 8 nitrogen and oxygen atoms in total. The summed E-state index contributed by atoms with van der Waals surface area (Å²) in [5.41, 5.74) is 6.95. The number of hydrogen-bond acceptors (Lipinski definition) is 7. The number of thiazole rings is 1. The zero-order valence-corrected chi connectivity index (χ0v) is 20.4. The highest BCUT2D eigenvalue weighted by Gasteiger charge is 2.27. The van der Waals surface area contributed by atoms with Gasteiger partial charge in [0.15, 0.2) is 5.75 Å². The lowest BCUT2D eigenvalue weighted by molar-refractivity contribution is 0.176. The first kappa shape index (κ1) is 22.9. The topological polar surface area (TPSA) is 92.8 Å². The van der Waals surface area contributed by atoms with Gasteiger partial charge in [0.05, 0.1) is 24.2 Å². The van der Waals surface area contributed by atoms with Crippen LogP contribution in [0.5, 0.6) is 11.5 Å². The Kier molecular flexibility index (Phi) is 6.55. The van der Waals surface area contributed by atoms with E-state index in [4.69, 9.17) is 8.92 Å². The van der Waals surface area contributed by atoms with E-state index in [2.05, 4.69) is 27.3 Å². The summed E-state index contributed by atoms with van der Waals surface area (Å²) < 4.78 is 40.3. The molecular formula is C24H27N4O4S2+. The molecule has 0 radical (unpaired) electrons. The van der Waals surface area contributed by atoms with E-state index >= 15 is 0 Å². The van der Waals surface area contributed by atoms with Crippen molar-refractivity contribution in [2.75, 3.05) is 13.1 Å². The molecule has 2 aromatic carbocycles. The Morgan fingerprint density at radius 3 is 2.91 bits per heavy atom. The SMILES string of the molecule is CCN1CC(S(=O)(=O)NCc2cnc[s+]2Oc2ccc3c(c2)CCC(c2ccccc2)O3)=CN1. The van der Waals surface area contributed by atoms with Crippen LogP contribution in [0.2, 0.25) is 0 Å². The number of ether oxygens (including phenoxy) is 1. The predicted octanol–water partition coefficient (Wildman–Crippen LogP) is 3.84. The third kappa shape index (κ3) is 4.95. The summed E-state index contributed by atoms with van der Waals surface area (Å²) >= 11 is 0. The van der Waals surface area contributed by atoms with Crippen LogP contribution >= 0.6 is 10.8 Å². The Balaban J connectivity index is 1.23. The molecule has 2 aliphatic rings. The minimum absolute atomic E-state index is 0.0569. The molecule has 2 atom stereocenters. The number of rotatable bonds is 8. The Bertz CT molecular complexity index is 1290. The monoisotopic (exact) mass is 499 g/mol. The van der Waals surface area contributed by atoms with Gasteiger partial charge in [0.1, 0.15) is 11.9 Å². The summed E-state index contributed by atoms with van der Waals surface area (Å²) in [6.45, 7) is 3.15. The van der Waals surface area contributed by atoms with Crippen molar-refractivity contribution in [1.82, 2.24) is 20.1 Å².